The predicted octanol–water partition coefficient (Wildman–Crippen LogP) is 5.68. The molecule has 1 fully saturated rings. The van der Waals surface area contributed by atoms with Crippen LogP contribution in [0.3, 0.4) is 0 Å². The normalized spacial score (nSPS) is 14.4. The molecule has 3 aromatic carbocycles. The molecule has 28 heavy (non-hydrogen) atoms. The lowest BCUT2D eigenvalue weighted by molar-refractivity contribution is -0.124. The molecule has 3 aromatic rings. The zero-order valence-electron chi connectivity index (χ0n) is 15.1. The Bertz CT molecular complexity index is 983. The molecule has 5 heteroatoms. The topological polar surface area (TPSA) is 58.6 Å². The van der Waals surface area contributed by atoms with E-state index in [1.54, 1.807) is 36.4 Å². The first-order chi connectivity index (χ1) is 13.6. The van der Waals surface area contributed by atoms with Crippen molar-refractivity contribution in [2.24, 2.45) is 0 Å². The molecule has 0 saturated heterocycles. The third-order valence-electron chi connectivity index (χ3n) is 4.75. The zero-order chi connectivity index (χ0) is 19.5. The minimum absolute atomic E-state index is 0.445. The van der Waals surface area contributed by atoms with Crippen LogP contribution in [0.5, 0.6) is 11.5 Å². The van der Waals surface area contributed by atoms with Crippen molar-refractivity contribution in [2.75, 3.05) is 5.32 Å². The lowest BCUT2D eigenvalue weighted by Crippen LogP contribution is -2.21. The van der Waals surface area contributed by atoms with Crippen LogP contribution in [-0.4, -0.2) is 11.0 Å². The third-order valence-corrected chi connectivity index (χ3v) is 5.06. The molecular formula is C23H20ClNO3. The summed E-state index contributed by atoms with van der Waals surface area (Å²) in [5, 5.41) is 13.7. The molecule has 4 nitrogen and oxygen atoms in total. The highest BCUT2D eigenvalue weighted by atomic mass is 35.5. The van der Waals surface area contributed by atoms with Crippen LogP contribution in [0.25, 0.3) is 0 Å². The van der Waals surface area contributed by atoms with E-state index in [-0.39, 0.29) is 0 Å². The summed E-state index contributed by atoms with van der Waals surface area (Å²) in [5.74, 6) is 1.05. The van der Waals surface area contributed by atoms with Crippen molar-refractivity contribution >= 4 is 23.2 Å². The molecule has 1 atom stereocenters. The van der Waals surface area contributed by atoms with Gasteiger partial charge in [0.25, 0.3) is 5.91 Å². The predicted molar refractivity (Wildman–Crippen MR) is 110 cm³/mol. The molecule has 0 aromatic heterocycles. The lowest BCUT2D eigenvalue weighted by Gasteiger charge is -2.15. The average Bonchev–Trinajstić information content (AvgIpc) is 3.56. The molecular weight excluding hydrogens is 374 g/mol. The Labute approximate surface area is 168 Å². The number of carbonyl (C=O) groups is 1. The number of aliphatic hydroxyl groups is 1. The van der Waals surface area contributed by atoms with Crippen molar-refractivity contribution in [1.82, 2.24) is 0 Å². The van der Waals surface area contributed by atoms with Gasteiger partial charge in [0.15, 0.2) is 11.9 Å². The van der Waals surface area contributed by atoms with Crippen LogP contribution >= 0.6 is 11.6 Å². The van der Waals surface area contributed by atoms with Crippen LogP contribution in [0, 0.1) is 0 Å². The smallest absolute Gasteiger partial charge is 0.257 e. The van der Waals surface area contributed by atoms with E-state index in [2.05, 4.69) is 5.32 Å². The van der Waals surface area contributed by atoms with E-state index in [0.717, 1.165) is 0 Å². The van der Waals surface area contributed by atoms with Gasteiger partial charge in [-0.1, -0.05) is 60.1 Å². The van der Waals surface area contributed by atoms with Gasteiger partial charge in [0, 0.05) is 0 Å². The van der Waals surface area contributed by atoms with Crippen molar-refractivity contribution in [1.29, 1.82) is 0 Å². The standard InChI is InChI=1S/C23H20ClNO3/c24-18-5-1-3-7-20(18)28-21-8-4-2-6-19(21)25-23(27)22(26)17-13-11-16(12-14-17)15-9-10-15/h1-8,11-15,22,26H,9-10H2,(H,25,27). The summed E-state index contributed by atoms with van der Waals surface area (Å²) < 4.78 is 5.85. The number of para-hydroxylation sites is 3. The number of halogens is 1. The molecule has 1 aliphatic carbocycles. The summed E-state index contributed by atoms with van der Waals surface area (Å²) >= 11 is 6.15. The van der Waals surface area contributed by atoms with E-state index in [4.69, 9.17) is 16.3 Å². The molecule has 1 saturated carbocycles. The van der Waals surface area contributed by atoms with E-state index >= 15 is 0 Å². The molecule has 0 radical (unpaired) electrons. The quantitative estimate of drug-likeness (QED) is 0.566. The van der Waals surface area contributed by atoms with Crippen LogP contribution in [0.4, 0.5) is 5.69 Å². The summed E-state index contributed by atoms with van der Waals surface area (Å²) in [6.07, 6.45) is 1.16. The number of hydrogen-bond donors (Lipinski definition) is 2. The summed E-state index contributed by atoms with van der Waals surface area (Å²) in [7, 11) is 0. The first-order valence-corrected chi connectivity index (χ1v) is 9.60. The Hall–Kier alpha value is -2.82. The number of ether oxygens (including phenoxy) is 1. The van der Waals surface area contributed by atoms with Crippen LogP contribution in [-0.2, 0) is 4.79 Å². The van der Waals surface area contributed by atoms with Gasteiger partial charge < -0.3 is 15.2 Å². The fraction of sp³-hybridized carbons (Fsp3) is 0.174. The summed E-state index contributed by atoms with van der Waals surface area (Å²) in [5.41, 5.74) is 2.28. The molecule has 1 amide bonds. The van der Waals surface area contributed by atoms with Crippen molar-refractivity contribution in [3.63, 3.8) is 0 Å². The molecule has 142 valence electrons. The van der Waals surface area contributed by atoms with Crippen LogP contribution < -0.4 is 10.1 Å². The number of nitrogens with one attached hydrogen (secondary N) is 1. The van der Waals surface area contributed by atoms with Crippen molar-refractivity contribution in [3.05, 3.63) is 88.9 Å². The highest BCUT2D eigenvalue weighted by Gasteiger charge is 2.24. The van der Waals surface area contributed by atoms with E-state index in [1.165, 1.54) is 18.4 Å². The van der Waals surface area contributed by atoms with E-state index < -0.39 is 12.0 Å². The fourth-order valence-corrected chi connectivity index (χ4v) is 3.20. The highest BCUT2D eigenvalue weighted by Crippen LogP contribution is 2.40. The minimum atomic E-state index is -1.26. The van der Waals surface area contributed by atoms with Gasteiger partial charge in [-0.15, -0.1) is 0 Å². The molecule has 0 heterocycles. The Balaban J connectivity index is 1.48. The molecule has 2 N–H and O–H groups in total. The fourth-order valence-electron chi connectivity index (χ4n) is 3.02. The second kappa shape index (κ2) is 8.05. The number of amides is 1. The van der Waals surface area contributed by atoms with Gasteiger partial charge in [-0.2, -0.15) is 0 Å². The first-order valence-electron chi connectivity index (χ1n) is 9.22. The van der Waals surface area contributed by atoms with Gasteiger partial charge >= 0.3 is 0 Å². The second-order valence-corrected chi connectivity index (χ2v) is 7.27. The highest BCUT2D eigenvalue weighted by molar-refractivity contribution is 6.32. The number of anilines is 1. The summed E-state index contributed by atoms with van der Waals surface area (Å²) in [4.78, 5) is 12.6. The van der Waals surface area contributed by atoms with Crippen LogP contribution in [0.15, 0.2) is 72.8 Å². The Morgan fingerprint density at radius 3 is 2.29 bits per heavy atom. The van der Waals surface area contributed by atoms with Gasteiger partial charge in [0.2, 0.25) is 0 Å². The third kappa shape index (κ3) is 4.19. The van der Waals surface area contributed by atoms with Gasteiger partial charge in [-0.25, -0.2) is 0 Å². The van der Waals surface area contributed by atoms with Gasteiger partial charge in [-0.3, -0.25) is 4.79 Å². The van der Waals surface area contributed by atoms with Gasteiger partial charge in [0.1, 0.15) is 5.75 Å². The first kappa shape index (κ1) is 18.5. The van der Waals surface area contributed by atoms with Crippen molar-refractivity contribution < 1.29 is 14.6 Å². The molecule has 0 aliphatic heterocycles. The summed E-state index contributed by atoms with van der Waals surface area (Å²) in [6, 6.07) is 21.7. The summed E-state index contributed by atoms with van der Waals surface area (Å²) in [6.45, 7) is 0. The number of hydrogen-bond acceptors (Lipinski definition) is 3. The van der Waals surface area contributed by atoms with Gasteiger partial charge in [0.05, 0.1) is 10.7 Å². The van der Waals surface area contributed by atoms with Crippen molar-refractivity contribution in [3.8, 4) is 11.5 Å². The number of aliphatic hydroxyl groups excluding tert-OH is 1. The van der Waals surface area contributed by atoms with E-state index in [1.807, 2.05) is 36.4 Å². The monoisotopic (exact) mass is 393 g/mol. The molecule has 1 aliphatic rings. The van der Waals surface area contributed by atoms with E-state index in [0.29, 0.717) is 33.7 Å². The average molecular weight is 394 g/mol. The lowest BCUT2D eigenvalue weighted by atomic mass is 10.0. The number of rotatable bonds is 6. The SMILES string of the molecule is O=C(Nc1ccccc1Oc1ccccc1Cl)C(O)c1ccc(C2CC2)cc1. The van der Waals surface area contributed by atoms with E-state index in [9.17, 15) is 9.90 Å². The maximum absolute atomic E-state index is 12.6. The molecule has 4 rings (SSSR count). The molecule has 0 bridgehead atoms. The minimum Gasteiger partial charge on any atom is -0.454 e. The van der Waals surface area contributed by atoms with Crippen LogP contribution in [0.2, 0.25) is 5.02 Å². The Kier molecular flexibility index (Phi) is 5.33. The molecule has 1 unspecified atom stereocenters. The van der Waals surface area contributed by atoms with Crippen molar-refractivity contribution in [2.45, 2.75) is 24.9 Å². The number of carbonyl (C=O) groups excluding carboxylic acids is 1. The second-order valence-electron chi connectivity index (χ2n) is 6.86. The largest absolute Gasteiger partial charge is 0.454 e. The van der Waals surface area contributed by atoms with Crippen LogP contribution in [0.1, 0.15) is 36.0 Å². The zero-order valence-corrected chi connectivity index (χ0v) is 15.9. The maximum Gasteiger partial charge on any atom is 0.257 e. The number of benzene rings is 3. The maximum atomic E-state index is 12.6. The van der Waals surface area contributed by atoms with Gasteiger partial charge in [-0.05, 0) is 54.2 Å². The Morgan fingerprint density at radius 1 is 0.964 bits per heavy atom. The molecule has 0 spiro atoms. The Morgan fingerprint density at radius 2 is 1.61 bits per heavy atom.